The van der Waals surface area contributed by atoms with Crippen LogP contribution in [0.3, 0.4) is 0 Å². The van der Waals surface area contributed by atoms with Crippen LogP contribution in [0.1, 0.15) is 16.7 Å². The van der Waals surface area contributed by atoms with Gasteiger partial charge in [0.15, 0.2) is 5.76 Å². The van der Waals surface area contributed by atoms with Crippen LogP contribution in [0.15, 0.2) is 111 Å². The van der Waals surface area contributed by atoms with Crippen molar-refractivity contribution in [2.45, 2.75) is 13.5 Å². The van der Waals surface area contributed by atoms with Gasteiger partial charge in [-0.05, 0) is 61.0 Å². The van der Waals surface area contributed by atoms with Crippen molar-refractivity contribution in [2.24, 2.45) is 5.10 Å². The molecule has 4 aromatic carbocycles. The molecule has 6 nitrogen and oxygen atoms in total. The quantitative estimate of drug-likeness (QED) is 0.218. The first kappa shape index (κ1) is 23.7. The van der Waals surface area contributed by atoms with Crippen molar-refractivity contribution < 1.29 is 9.15 Å². The zero-order valence-electron chi connectivity index (χ0n) is 20.5. The maximum Gasteiger partial charge on any atom is 0.282 e. The van der Waals surface area contributed by atoms with E-state index in [1.807, 2.05) is 48.5 Å². The molecule has 0 atom stereocenters. The van der Waals surface area contributed by atoms with Gasteiger partial charge in [0.1, 0.15) is 17.9 Å². The molecule has 0 fully saturated rings. The summed E-state index contributed by atoms with van der Waals surface area (Å²) < 4.78 is 13.4. The van der Waals surface area contributed by atoms with Crippen molar-refractivity contribution in [1.82, 2.24) is 9.66 Å². The molecule has 2 heterocycles. The molecule has 0 spiro atoms. The van der Waals surface area contributed by atoms with Crippen LogP contribution in [-0.2, 0) is 6.61 Å². The van der Waals surface area contributed by atoms with E-state index in [2.05, 4.69) is 24.2 Å². The number of furan rings is 1. The third kappa shape index (κ3) is 4.69. The number of fused-ring (bicyclic) bond motifs is 2. The topological polar surface area (TPSA) is 69.6 Å². The Kier molecular flexibility index (Phi) is 6.23. The molecule has 0 radical (unpaired) electrons. The van der Waals surface area contributed by atoms with E-state index < -0.39 is 0 Å². The molecule has 6 rings (SSSR count). The molecule has 0 bridgehead atoms. The van der Waals surface area contributed by atoms with E-state index in [-0.39, 0.29) is 11.4 Å². The molecule has 7 heteroatoms. The second kappa shape index (κ2) is 10.00. The lowest BCUT2D eigenvalue weighted by molar-refractivity contribution is 0.306. The minimum absolute atomic E-state index is 0.287. The van der Waals surface area contributed by atoms with Crippen molar-refractivity contribution in [3.05, 3.63) is 129 Å². The summed E-state index contributed by atoms with van der Waals surface area (Å²) in [4.78, 5) is 18.3. The van der Waals surface area contributed by atoms with Crippen LogP contribution >= 0.6 is 11.6 Å². The molecule has 0 amide bonds. The summed E-state index contributed by atoms with van der Waals surface area (Å²) >= 11 is 6.16. The SMILES string of the molecule is Cc1ccc(COc2ccccc2C=Nn2c(-c3cc4cc(Cl)ccc4o3)nc3ccccc3c2=O)cc1. The Balaban J connectivity index is 1.42. The van der Waals surface area contributed by atoms with E-state index in [9.17, 15) is 4.79 Å². The first-order valence-corrected chi connectivity index (χ1v) is 12.5. The first-order valence-electron chi connectivity index (χ1n) is 12.1. The van der Waals surface area contributed by atoms with Crippen molar-refractivity contribution >= 4 is 39.7 Å². The fourth-order valence-electron chi connectivity index (χ4n) is 4.20. The van der Waals surface area contributed by atoms with Crippen LogP contribution < -0.4 is 10.3 Å². The highest BCUT2D eigenvalue weighted by Gasteiger charge is 2.17. The highest BCUT2D eigenvalue weighted by molar-refractivity contribution is 6.31. The van der Waals surface area contributed by atoms with Crippen LogP contribution in [-0.4, -0.2) is 15.9 Å². The summed E-state index contributed by atoms with van der Waals surface area (Å²) in [6.45, 7) is 2.46. The minimum atomic E-state index is -0.307. The molecular weight excluding hydrogens is 498 g/mol. The Labute approximate surface area is 223 Å². The molecule has 186 valence electrons. The number of aryl methyl sites for hydroxylation is 1. The van der Waals surface area contributed by atoms with Crippen molar-refractivity contribution in [1.29, 1.82) is 0 Å². The van der Waals surface area contributed by atoms with Gasteiger partial charge in [-0.2, -0.15) is 9.78 Å². The zero-order chi connectivity index (χ0) is 26.1. The molecule has 0 aliphatic heterocycles. The van der Waals surface area contributed by atoms with Gasteiger partial charge in [0, 0.05) is 16.0 Å². The number of aromatic nitrogens is 2. The molecule has 0 unspecified atom stereocenters. The highest BCUT2D eigenvalue weighted by Crippen LogP contribution is 2.29. The summed E-state index contributed by atoms with van der Waals surface area (Å²) in [5, 5.41) is 6.42. The summed E-state index contributed by atoms with van der Waals surface area (Å²) in [7, 11) is 0. The van der Waals surface area contributed by atoms with Gasteiger partial charge in [-0.3, -0.25) is 4.79 Å². The summed E-state index contributed by atoms with van der Waals surface area (Å²) in [5.41, 5.74) is 3.86. The lowest BCUT2D eigenvalue weighted by atomic mass is 10.1. The second-order valence-electron chi connectivity index (χ2n) is 8.92. The molecule has 38 heavy (non-hydrogen) atoms. The zero-order valence-corrected chi connectivity index (χ0v) is 21.2. The fraction of sp³-hybridized carbons (Fsp3) is 0.0645. The van der Waals surface area contributed by atoms with Gasteiger partial charge in [0.2, 0.25) is 5.82 Å². The van der Waals surface area contributed by atoms with E-state index >= 15 is 0 Å². The van der Waals surface area contributed by atoms with Crippen molar-refractivity contribution in [3.8, 4) is 17.3 Å². The number of ether oxygens (including phenoxy) is 1. The number of nitrogens with zero attached hydrogens (tertiary/aromatic N) is 3. The molecule has 0 aliphatic carbocycles. The standard InChI is InChI=1S/C31H22ClN3O3/c1-20-10-12-21(13-11-20)19-37-27-9-5-2-6-22(27)18-33-35-30(34-26-8-4-3-7-25(26)31(35)36)29-17-23-16-24(32)14-15-28(23)38-29/h2-18H,19H2,1H3. The van der Waals surface area contributed by atoms with E-state index in [4.69, 9.17) is 25.7 Å². The summed E-state index contributed by atoms with van der Waals surface area (Å²) in [5.74, 6) is 1.35. The van der Waals surface area contributed by atoms with Crippen molar-refractivity contribution in [2.75, 3.05) is 0 Å². The largest absolute Gasteiger partial charge is 0.488 e. The number of rotatable bonds is 6. The normalized spacial score (nSPS) is 11.5. The summed E-state index contributed by atoms with van der Waals surface area (Å²) in [6, 6.07) is 30.1. The number of para-hydroxylation sites is 2. The Hall–Kier alpha value is -4.68. The highest BCUT2D eigenvalue weighted by atomic mass is 35.5. The van der Waals surface area contributed by atoms with Gasteiger partial charge in [-0.1, -0.05) is 65.7 Å². The first-order chi connectivity index (χ1) is 18.5. The minimum Gasteiger partial charge on any atom is -0.488 e. The Morgan fingerprint density at radius 3 is 2.63 bits per heavy atom. The third-order valence-electron chi connectivity index (χ3n) is 6.20. The Morgan fingerprint density at radius 2 is 1.76 bits per heavy atom. The van der Waals surface area contributed by atoms with E-state index in [0.717, 1.165) is 16.5 Å². The summed E-state index contributed by atoms with van der Waals surface area (Å²) in [6.07, 6.45) is 1.60. The van der Waals surface area contributed by atoms with Crippen LogP contribution in [0, 0.1) is 6.92 Å². The molecule has 0 aliphatic rings. The molecule has 0 saturated heterocycles. The average Bonchev–Trinajstić information content (AvgIpc) is 3.36. The van der Waals surface area contributed by atoms with E-state index in [0.29, 0.717) is 39.6 Å². The monoisotopic (exact) mass is 519 g/mol. The number of benzene rings is 4. The average molecular weight is 520 g/mol. The molecule has 0 N–H and O–H groups in total. The Morgan fingerprint density at radius 1 is 0.974 bits per heavy atom. The maximum absolute atomic E-state index is 13.6. The molecule has 0 saturated carbocycles. The van der Waals surface area contributed by atoms with Gasteiger partial charge in [-0.15, -0.1) is 0 Å². The number of hydrogen-bond acceptors (Lipinski definition) is 5. The van der Waals surface area contributed by atoms with Crippen LogP contribution in [0.2, 0.25) is 5.02 Å². The van der Waals surface area contributed by atoms with E-state index in [1.165, 1.54) is 10.2 Å². The van der Waals surface area contributed by atoms with E-state index in [1.54, 1.807) is 42.6 Å². The van der Waals surface area contributed by atoms with Crippen LogP contribution in [0.4, 0.5) is 0 Å². The van der Waals surface area contributed by atoms with Crippen molar-refractivity contribution in [3.63, 3.8) is 0 Å². The van der Waals surface area contributed by atoms with Gasteiger partial charge in [-0.25, -0.2) is 4.98 Å². The Bertz CT molecular complexity index is 1870. The number of halogens is 1. The molecule has 2 aromatic heterocycles. The second-order valence-corrected chi connectivity index (χ2v) is 9.36. The number of hydrogen-bond donors (Lipinski definition) is 0. The predicted octanol–water partition coefficient (Wildman–Crippen LogP) is 7.23. The maximum atomic E-state index is 13.6. The fourth-order valence-corrected chi connectivity index (χ4v) is 4.38. The molecule has 6 aromatic rings. The smallest absolute Gasteiger partial charge is 0.282 e. The third-order valence-corrected chi connectivity index (χ3v) is 6.43. The van der Waals surface area contributed by atoms with Gasteiger partial charge < -0.3 is 9.15 Å². The van der Waals surface area contributed by atoms with Gasteiger partial charge >= 0.3 is 0 Å². The van der Waals surface area contributed by atoms with Gasteiger partial charge in [0.25, 0.3) is 5.56 Å². The predicted molar refractivity (Wildman–Crippen MR) is 151 cm³/mol. The lowest BCUT2D eigenvalue weighted by Gasteiger charge is -2.10. The lowest BCUT2D eigenvalue weighted by Crippen LogP contribution is -2.20. The van der Waals surface area contributed by atoms with Crippen LogP contribution in [0.25, 0.3) is 33.5 Å². The van der Waals surface area contributed by atoms with Crippen LogP contribution in [0.5, 0.6) is 5.75 Å². The van der Waals surface area contributed by atoms with Gasteiger partial charge in [0.05, 0.1) is 17.1 Å². The molecular formula is C31H22ClN3O3.